The number of aliphatic carboxylic acids is 1. The van der Waals surface area contributed by atoms with Crippen LogP contribution in [0.2, 0.25) is 0 Å². The van der Waals surface area contributed by atoms with E-state index in [0.717, 1.165) is 39.0 Å². The van der Waals surface area contributed by atoms with Crippen LogP contribution in [0.3, 0.4) is 0 Å². The first-order valence-corrected chi connectivity index (χ1v) is 6.75. The first kappa shape index (κ1) is 13.6. The largest absolute Gasteiger partial charge is 0.480 e. The van der Waals surface area contributed by atoms with Crippen LogP contribution in [0.1, 0.15) is 33.1 Å². The second-order valence-corrected chi connectivity index (χ2v) is 5.90. The van der Waals surface area contributed by atoms with Gasteiger partial charge in [-0.05, 0) is 31.2 Å². The molecule has 1 fully saturated rings. The molecule has 2 rings (SSSR count). The molecule has 18 heavy (non-hydrogen) atoms. The number of carboxylic acid groups (broad SMARTS) is 1. The smallest absolute Gasteiger partial charge is 0.320 e. The summed E-state index contributed by atoms with van der Waals surface area (Å²) >= 11 is 0. The van der Waals surface area contributed by atoms with Crippen molar-refractivity contribution in [2.24, 2.45) is 5.41 Å². The number of hydrogen-bond donors (Lipinski definition) is 1. The van der Waals surface area contributed by atoms with E-state index in [9.17, 15) is 9.90 Å². The van der Waals surface area contributed by atoms with Crippen LogP contribution in [0, 0.1) is 5.41 Å². The molecule has 0 radical (unpaired) electrons. The van der Waals surface area contributed by atoms with Crippen molar-refractivity contribution < 1.29 is 14.6 Å². The number of carboxylic acids is 1. The van der Waals surface area contributed by atoms with Crippen molar-refractivity contribution in [1.29, 1.82) is 0 Å². The average molecular weight is 253 g/mol. The highest BCUT2D eigenvalue weighted by Gasteiger charge is 2.35. The molecule has 0 saturated carbocycles. The van der Waals surface area contributed by atoms with Gasteiger partial charge in [0, 0.05) is 6.54 Å². The molecule has 0 aromatic rings. The Morgan fingerprint density at radius 3 is 3.00 bits per heavy atom. The van der Waals surface area contributed by atoms with E-state index in [-0.39, 0.29) is 11.5 Å². The van der Waals surface area contributed by atoms with Gasteiger partial charge in [0.1, 0.15) is 6.04 Å². The van der Waals surface area contributed by atoms with Gasteiger partial charge < -0.3 is 9.84 Å². The number of hydrogen-bond acceptors (Lipinski definition) is 3. The number of nitrogens with zero attached hydrogens (tertiary/aromatic N) is 1. The molecule has 1 N–H and O–H groups in total. The van der Waals surface area contributed by atoms with E-state index >= 15 is 0 Å². The summed E-state index contributed by atoms with van der Waals surface area (Å²) in [6.07, 6.45) is 4.91. The first-order valence-electron chi connectivity index (χ1n) is 6.75. The molecular weight excluding hydrogens is 230 g/mol. The molecule has 0 aromatic heterocycles. The Bertz CT molecular complexity index is 349. The molecule has 4 nitrogen and oxygen atoms in total. The van der Waals surface area contributed by atoms with Crippen LogP contribution in [0.25, 0.3) is 0 Å². The average Bonchev–Trinajstić information content (AvgIpc) is 2.78. The molecule has 4 heteroatoms. The molecule has 2 aliphatic rings. The van der Waals surface area contributed by atoms with E-state index in [4.69, 9.17) is 4.74 Å². The van der Waals surface area contributed by atoms with Crippen molar-refractivity contribution in [2.75, 3.05) is 26.3 Å². The van der Waals surface area contributed by atoms with E-state index in [1.807, 2.05) is 0 Å². The third kappa shape index (κ3) is 2.93. The lowest BCUT2D eigenvalue weighted by Crippen LogP contribution is -2.42. The third-order valence-electron chi connectivity index (χ3n) is 4.08. The standard InChI is InChI=1S/C14H23NO3/c1-14(2,11-5-8-18-9-6-11)10-15-7-3-4-12(15)13(16)17/h5,12H,3-4,6-10H2,1-2H3,(H,16,17). The zero-order valence-corrected chi connectivity index (χ0v) is 11.3. The molecule has 1 unspecified atom stereocenters. The normalized spacial score (nSPS) is 26.1. The van der Waals surface area contributed by atoms with Crippen molar-refractivity contribution in [1.82, 2.24) is 4.90 Å². The third-order valence-corrected chi connectivity index (χ3v) is 4.08. The van der Waals surface area contributed by atoms with Gasteiger partial charge in [0.25, 0.3) is 0 Å². The molecule has 0 aliphatic carbocycles. The maximum atomic E-state index is 11.2. The Kier molecular flexibility index (Phi) is 4.07. The molecule has 0 amide bonds. The van der Waals surface area contributed by atoms with Crippen molar-refractivity contribution in [2.45, 2.75) is 39.2 Å². The highest BCUT2D eigenvalue weighted by Crippen LogP contribution is 2.33. The Morgan fingerprint density at radius 1 is 1.61 bits per heavy atom. The summed E-state index contributed by atoms with van der Waals surface area (Å²) in [5.74, 6) is -0.677. The van der Waals surface area contributed by atoms with E-state index < -0.39 is 5.97 Å². The summed E-state index contributed by atoms with van der Waals surface area (Å²) in [5.41, 5.74) is 1.45. The SMILES string of the molecule is CC(C)(CN1CCCC1C(=O)O)C1=CCOCC1. The molecule has 1 saturated heterocycles. The lowest BCUT2D eigenvalue weighted by atomic mass is 9.81. The summed E-state index contributed by atoms with van der Waals surface area (Å²) in [7, 11) is 0. The second-order valence-electron chi connectivity index (χ2n) is 5.90. The fraction of sp³-hybridized carbons (Fsp3) is 0.786. The van der Waals surface area contributed by atoms with Gasteiger partial charge in [-0.15, -0.1) is 0 Å². The Balaban J connectivity index is 2.02. The van der Waals surface area contributed by atoms with E-state index in [0.29, 0.717) is 6.61 Å². The maximum Gasteiger partial charge on any atom is 0.320 e. The minimum atomic E-state index is -0.677. The molecule has 2 aliphatic heterocycles. The summed E-state index contributed by atoms with van der Waals surface area (Å²) in [6.45, 7) is 7.64. The minimum absolute atomic E-state index is 0.0435. The number of carbonyl (C=O) groups is 1. The second kappa shape index (κ2) is 5.41. The molecular formula is C14H23NO3. The van der Waals surface area contributed by atoms with Crippen LogP contribution < -0.4 is 0 Å². The summed E-state index contributed by atoms with van der Waals surface area (Å²) in [4.78, 5) is 13.3. The highest BCUT2D eigenvalue weighted by atomic mass is 16.5. The van der Waals surface area contributed by atoms with E-state index in [2.05, 4.69) is 24.8 Å². The van der Waals surface area contributed by atoms with Crippen molar-refractivity contribution >= 4 is 5.97 Å². The molecule has 0 bridgehead atoms. The number of ether oxygens (including phenoxy) is 1. The minimum Gasteiger partial charge on any atom is -0.480 e. The van der Waals surface area contributed by atoms with Crippen LogP contribution in [0.15, 0.2) is 11.6 Å². The number of likely N-dealkylation sites (tertiary alicyclic amines) is 1. The fourth-order valence-corrected chi connectivity index (χ4v) is 3.05. The van der Waals surface area contributed by atoms with Crippen molar-refractivity contribution in [3.8, 4) is 0 Å². The van der Waals surface area contributed by atoms with Crippen LogP contribution in [-0.2, 0) is 9.53 Å². The van der Waals surface area contributed by atoms with Gasteiger partial charge in [-0.3, -0.25) is 9.69 Å². The predicted molar refractivity (Wildman–Crippen MR) is 69.5 cm³/mol. The topological polar surface area (TPSA) is 49.8 Å². The fourth-order valence-electron chi connectivity index (χ4n) is 3.05. The van der Waals surface area contributed by atoms with Gasteiger partial charge >= 0.3 is 5.97 Å². The van der Waals surface area contributed by atoms with Crippen LogP contribution >= 0.6 is 0 Å². The molecule has 2 heterocycles. The zero-order valence-electron chi connectivity index (χ0n) is 11.3. The molecule has 0 aromatic carbocycles. The summed E-state index contributed by atoms with van der Waals surface area (Å²) in [5, 5.41) is 9.21. The van der Waals surface area contributed by atoms with Gasteiger partial charge in [-0.1, -0.05) is 25.5 Å². The Hall–Kier alpha value is -0.870. The summed E-state index contributed by atoms with van der Waals surface area (Å²) in [6, 6.07) is -0.287. The van der Waals surface area contributed by atoms with Gasteiger partial charge in [0.15, 0.2) is 0 Å². The first-order chi connectivity index (χ1) is 8.50. The number of rotatable bonds is 4. The van der Waals surface area contributed by atoms with Gasteiger partial charge in [0.2, 0.25) is 0 Å². The van der Waals surface area contributed by atoms with Crippen LogP contribution in [-0.4, -0.2) is 48.3 Å². The Labute approximate surface area is 109 Å². The van der Waals surface area contributed by atoms with Gasteiger partial charge in [0.05, 0.1) is 13.2 Å². The monoisotopic (exact) mass is 253 g/mol. The molecule has 102 valence electrons. The maximum absolute atomic E-state index is 11.2. The van der Waals surface area contributed by atoms with Crippen LogP contribution in [0.5, 0.6) is 0 Å². The van der Waals surface area contributed by atoms with Crippen molar-refractivity contribution in [3.05, 3.63) is 11.6 Å². The molecule has 0 spiro atoms. The lowest BCUT2D eigenvalue weighted by molar-refractivity contribution is -0.142. The lowest BCUT2D eigenvalue weighted by Gasteiger charge is -2.35. The Morgan fingerprint density at radius 2 is 2.39 bits per heavy atom. The molecule has 1 atom stereocenters. The zero-order chi connectivity index (χ0) is 13.2. The van der Waals surface area contributed by atoms with Gasteiger partial charge in [-0.2, -0.15) is 0 Å². The predicted octanol–water partition coefficient (Wildman–Crippen LogP) is 1.91. The highest BCUT2D eigenvalue weighted by molar-refractivity contribution is 5.73. The van der Waals surface area contributed by atoms with Gasteiger partial charge in [-0.25, -0.2) is 0 Å². The van der Waals surface area contributed by atoms with E-state index in [1.54, 1.807) is 0 Å². The van der Waals surface area contributed by atoms with Crippen molar-refractivity contribution in [3.63, 3.8) is 0 Å². The quantitative estimate of drug-likeness (QED) is 0.778. The summed E-state index contributed by atoms with van der Waals surface area (Å²) < 4.78 is 5.34. The van der Waals surface area contributed by atoms with Crippen LogP contribution in [0.4, 0.5) is 0 Å². The van der Waals surface area contributed by atoms with E-state index in [1.165, 1.54) is 5.57 Å².